The topological polar surface area (TPSA) is 50.4 Å². The summed E-state index contributed by atoms with van der Waals surface area (Å²) in [5.41, 5.74) is 2.16. The van der Waals surface area contributed by atoms with Gasteiger partial charge in [0.25, 0.3) is 0 Å². The lowest BCUT2D eigenvalue weighted by Crippen LogP contribution is -2.37. The molecule has 2 rings (SSSR count). The number of benzene rings is 1. The van der Waals surface area contributed by atoms with E-state index < -0.39 is 0 Å². The Morgan fingerprint density at radius 3 is 2.95 bits per heavy atom. The van der Waals surface area contributed by atoms with Gasteiger partial charge in [-0.05, 0) is 51.0 Å². The summed E-state index contributed by atoms with van der Waals surface area (Å²) in [4.78, 5) is 11.8. The van der Waals surface area contributed by atoms with Crippen LogP contribution in [0.3, 0.4) is 0 Å². The van der Waals surface area contributed by atoms with E-state index in [0.29, 0.717) is 6.04 Å². The molecule has 104 valence electrons. The van der Waals surface area contributed by atoms with Crippen LogP contribution in [-0.4, -0.2) is 18.2 Å². The van der Waals surface area contributed by atoms with Gasteiger partial charge < -0.3 is 15.4 Å². The minimum atomic E-state index is -0.361. The largest absolute Gasteiger partial charge is 0.447 e. The number of carbonyl (C=O) groups is 1. The summed E-state index contributed by atoms with van der Waals surface area (Å²) >= 11 is 3.47. The summed E-state index contributed by atoms with van der Waals surface area (Å²) in [6.07, 6.45) is 0.373. The first kappa shape index (κ1) is 14.2. The van der Waals surface area contributed by atoms with Gasteiger partial charge in [-0.2, -0.15) is 0 Å². The Balaban J connectivity index is 2.17. The number of carbonyl (C=O) groups excluding carboxylic acids is 1. The van der Waals surface area contributed by atoms with E-state index in [1.165, 1.54) is 0 Å². The molecule has 1 aliphatic rings. The average Bonchev–Trinajstić information content (AvgIpc) is 2.28. The molecule has 1 amide bonds. The number of hydrogen-bond donors (Lipinski definition) is 2. The number of anilines is 1. The molecular weight excluding hydrogens is 308 g/mol. The predicted molar refractivity (Wildman–Crippen MR) is 79.3 cm³/mol. The maximum atomic E-state index is 11.8. The third-order valence-electron chi connectivity index (χ3n) is 3.02. The minimum Gasteiger partial charge on any atom is -0.447 e. The maximum absolute atomic E-state index is 11.8. The maximum Gasteiger partial charge on any atom is 0.407 e. The monoisotopic (exact) mass is 326 g/mol. The van der Waals surface area contributed by atoms with Crippen molar-refractivity contribution in [1.82, 2.24) is 5.32 Å². The summed E-state index contributed by atoms with van der Waals surface area (Å²) < 4.78 is 6.16. The highest BCUT2D eigenvalue weighted by Crippen LogP contribution is 2.34. The molecule has 0 saturated heterocycles. The molecule has 0 saturated carbocycles. The molecule has 1 aliphatic heterocycles. The zero-order valence-corrected chi connectivity index (χ0v) is 13.0. The lowest BCUT2D eigenvalue weighted by Gasteiger charge is -2.32. The molecule has 1 heterocycles. The quantitative estimate of drug-likeness (QED) is 0.868. The van der Waals surface area contributed by atoms with E-state index >= 15 is 0 Å². The molecule has 1 aromatic rings. The Bertz CT molecular complexity index is 477. The van der Waals surface area contributed by atoms with Crippen LogP contribution in [0.4, 0.5) is 10.5 Å². The molecule has 0 bridgehead atoms. The van der Waals surface area contributed by atoms with Crippen LogP contribution in [0.15, 0.2) is 22.7 Å². The number of halogens is 1. The van der Waals surface area contributed by atoms with Crippen molar-refractivity contribution in [3.05, 3.63) is 28.2 Å². The van der Waals surface area contributed by atoms with Gasteiger partial charge in [0.1, 0.15) is 0 Å². The van der Waals surface area contributed by atoms with Gasteiger partial charge in [-0.1, -0.05) is 15.9 Å². The standard InChI is InChI=1S/C14H19BrN2O2/c1-8(2)19-14(18)17-13-6-9(3)16-12-5-4-10(15)7-11(12)13/h4-5,7-9,13,16H,6H2,1-3H3,(H,17,18)/t9-,13+/m0/s1. The van der Waals surface area contributed by atoms with Crippen LogP contribution < -0.4 is 10.6 Å². The lowest BCUT2D eigenvalue weighted by atomic mass is 9.94. The van der Waals surface area contributed by atoms with Crippen molar-refractivity contribution >= 4 is 27.7 Å². The molecule has 0 fully saturated rings. The van der Waals surface area contributed by atoms with Crippen LogP contribution >= 0.6 is 15.9 Å². The molecule has 19 heavy (non-hydrogen) atoms. The van der Waals surface area contributed by atoms with Crippen molar-refractivity contribution in [3.63, 3.8) is 0 Å². The average molecular weight is 327 g/mol. The molecule has 0 aromatic heterocycles. The van der Waals surface area contributed by atoms with Crippen LogP contribution in [0.2, 0.25) is 0 Å². The van der Waals surface area contributed by atoms with Gasteiger partial charge in [0.2, 0.25) is 0 Å². The number of amides is 1. The number of rotatable bonds is 2. The van der Waals surface area contributed by atoms with Crippen molar-refractivity contribution in [3.8, 4) is 0 Å². The first-order valence-corrected chi connectivity index (χ1v) is 7.28. The highest BCUT2D eigenvalue weighted by atomic mass is 79.9. The summed E-state index contributed by atoms with van der Waals surface area (Å²) in [6.45, 7) is 5.79. The molecule has 0 spiro atoms. The van der Waals surface area contributed by atoms with Crippen molar-refractivity contribution in [2.75, 3.05) is 5.32 Å². The lowest BCUT2D eigenvalue weighted by molar-refractivity contribution is 0.111. The predicted octanol–water partition coefficient (Wildman–Crippen LogP) is 3.83. The SMILES string of the molecule is CC(C)OC(=O)N[C@@H]1C[C@H](C)Nc2ccc(Br)cc21. The normalized spacial score (nSPS) is 21.5. The molecule has 2 atom stereocenters. The van der Waals surface area contributed by atoms with Crippen LogP contribution in [0.5, 0.6) is 0 Å². The van der Waals surface area contributed by atoms with Crippen molar-refractivity contribution in [2.24, 2.45) is 0 Å². The molecule has 0 unspecified atom stereocenters. The first-order valence-electron chi connectivity index (χ1n) is 6.49. The van der Waals surface area contributed by atoms with Crippen molar-refractivity contribution in [2.45, 2.75) is 45.4 Å². The summed E-state index contributed by atoms with van der Waals surface area (Å²) in [6, 6.07) is 6.35. The van der Waals surface area contributed by atoms with Crippen LogP contribution in [0.1, 0.15) is 38.8 Å². The molecular formula is C14H19BrN2O2. The fourth-order valence-corrected chi connectivity index (χ4v) is 2.66. The molecule has 1 aromatic carbocycles. The summed E-state index contributed by atoms with van der Waals surface area (Å²) in [5, 5.41) is 6.36. The van der Waals surface area contributed by atoms with E-state index in [1.807, 2.05) is 32.0 Å². The number of hydrogen-bond acceptors (Lipinski definition) is 3. The van der Waals surface area contributed by atoms with Crippen LogP contribution in [0, 0.1) is 0 Å². The second kappa shape index (κ2) is 5.82. The molecule has 5 heteroatoms. The van der Waals surface area contributed by atoms with Gasteiger partial charge in [-0.3, -0.25) is 0 Å². The van der Waals surface area contributed by atoms with Crippen molar-refractivity contribution < 1.29 is 9.53 Å². The van der Waals surface area contributed by atoms with E-state index in [9.17, 15) is 4.79 Å². The first-order chi connectivity index (χ1) is 8.95. The number of ether oxygens (including phenoxy) is 1. The van der Waals surface area contributed by atoms with Gasteiger partial charge in [-0.15, -0.1) is 0 Å². The van der Waals surface area contributed by atoms with E-state index in [4.69, 9.17) is 4.74 Å². The Kier molecular flexibility index (Phi) is 4.34. The minimum absolute atomic E-state index is 0.0185. The second-order valence-electron chi connectivity index (χ2n) is 5.16. The Morgan fingerprint density at radius 1 is 1.53 bits per heavy atom. The molecule has 4 nitrogen and oxygen atoms in total. The third kappa shape index (κ3) is 3.62. The Morgan fingerprint density at radius 2 is 2.26 bits per heavy atom. The molecule has 0 aliphatic carbocycles. The zero-order chi connectivity index (χ0) is 14.0. The summed E-state index contributed by atoms with van der Waals surface area (Å²) in [7, 11) is 0. The van der Waals surface area contributed by atoms with Gasteiger partial charge in [0.15, 0.2) is 0 Å². The fraction of sp³-hybridized carbons (Fsp3) is 0.500. The number of nitrogens with one attached hydrogen (secondary N) is 2. The molecule has 2 N–H and O–H groups in total. The van der Waals surface area contributed by atoms with E-state index in [2.05, 4.69) is 33.5 Å². The second-order valence-corrected chi connectivity index (χ2v) is 6.08. The van der Waals surface area contributed by atoms with Gasteiger partial charge in [0, 0.05) is 16.2 Å². The molecule has 0 radical (unpaired) electrons. The summed E-state index contributed by atoms with van der Waals surface area (Å²) in [5.74, 6) is 0. The Labute approximate surface area is 122 Å². The highest BCUT2D eigenvalue weighted by Gasteiger charge is 2.26. The van der Waals surface area contributed by atoms with E-state index in [0.717, 1.165) is 22.1 Å². The Hall–Kier alpha value is -1.23. The van der Waals surface area contributed by atoms with Crippen LogP contribution in [-0.2, 0) is 4.74 Å². The van der Waals surface area contributed by atoms with Gasteiger partial charge in [-0.25, -0.2) is 4.79 Å². The van der Waals surface area contributed by atoms with Crippen LogP contribution in [0.25, 0.3) is 0 Å². The van der Waals surface area contributed by atoms with Crippen molar-refractivity contribution in [1.29, 1.82) is 0 Å². The van der Waals surface area contributed by atoms with Gasteiger partial charge >= 0.3 is 6.09 Å². The van der Waals surface area contributed by atoms with E-state index in [-0.39, 0.29) is 18.2 Å². The smallest absolute Gasteiger partial charge is 0.407 e. The van der Waals surface area contributed by atoms with E-state index in [1.54, 1.807) is 0 Å². The number of fused-ring (bicyclic) bond motifs is 1. The zero-order valence-electron chi connectivity index (χ0n) is 11.4. The highest BCUT2D eigenvalue weighted by molar-refractivity contribution is 9.10. The third-order valence-corrected chi connectivity index (χ3v) is 3.51. The number of alkyl carbamates (subject to hydrolysis) is 1. The fourth-order valence-electron chi connectivity index (χ4n) is 2.29. The van der Waals surface area contributed by atoms with Gasteiger partial charge in [0.05, 0.1) is 12.1 Å².